The van der Waals surface area contributed by atoms with Gasteiger partial charge in [0.2, 0.25) is 18.6 Å². The zero-order valence-electron chi connectivity index (χ0n) is 21.5. The smallest absolute Gasteiger partial charge is 0.319 e. The van der Waals surface area contributed by atoms with E-state index in [1.165, 1.54) is 18.2 Å². The maximum atomic E-state index is 14.1. The molecule has 0 unspecified atom stereocenters. The number of carbonyl (C=O) groups excluding carboxylic acids is 3. The molecule has 3 aromatic rings. The van der Waals surface area contributed by atoms with Crippen molar-refractivity contribution in [3.63, 3.8) is 0 Å². The molecule has 10 heteroatoms. The van der Waals surface area contributed by atoms with Crippen LogP contribution < -0.4 is 19.1 Å². The summed E-state index contributed by atoms with van der Waals surface area (Å²) in [5.41, 5.74) is 3.49. The van der Waals surface area contributed by atoms with Gasteiger partial charge in [0.25, 0.3) is 5.69 Å². The van der Waals surface area contributed by atoms with Gasteiger partial charge in [-0.1, -0.05) is 24.3 Å². The lowest BCUT2D eigenvalue weighted by atomic mass is 9.64. The van der Waals surface area contributed by atoms with Crippen LogP contribution in [-0.4, -0.2) is 29.5 Å². The first-order chi connectivity index (χ1) is 19.2. The summed E-state index contributed by atoms with van der Waals surface area (Å²) < 4.78 is 16.8. The third-order valence-electron chi connectivity index (χ3n) is 8.16. The average Bonchev–Trinajstić information content (AvgIpc) is 3.50. The average molecular weight is 539 g/mol. The summed E-state index contributed by atoms with van der Waals surface area (Å²) in [6, 6.07) is 14.9. The van der Waals surface area contributed by atoms with Gasteiger partial charge in [0.05, 0.1) is 28.4 Å². The number of esters is 1. The van der Waals surface area contributed by atoms with Crippen molar-refractivity contribution >= 4 is 34.7 Å². The second-order valence-corrected chi connectivity index (χ2v) is 10.5. The zero-order valence-corrected chi connectivity index (χ0v) is 21.5. The number of allylic oxidation sites excluding steroid dienone is 1. The van der Waals surface area contributed by atoms with Gasteiger partial charge in [-0.05, 0) is 60.4 Å². The molecule has 0 aromatic heterocycles. The Morgan fingerprint density at radius 3 is 2.42 bits per heavy atom. The fourth-order valence-electron chi connectivity index (χ4n) is 6.36. The lowest BCUT2D eigenvalue weighted by molar-refractivity contribution is -0.384. The van der Waals surface area contributed by atoms with E-state index in [0.29, 0.717) is 33.9 Å². The standard InChI is InChI=1S/C30H22N2O8/c1-14-3-6-18-20-12-19(16-4-8-22-24(11-16)39-13-38-22)25-27(26(20)30(35)40-23(18)9-14)29(34)31(28(25)33)21-7-5-17(32(36)37)10-15(21)2/h3-12,19,25-27H,13H2,1-2H3/t19-,25+,26-,27-/m1/s1. The highest BCUT2D eigenvalue weighted by molar-refractivity contribution is 6.25. The molecule has 2 amide bonds. The molecule has 4 aliphatic rings. The van der Waals surface area contributed by atoms with Crippen molar-refractivity contribution in [3.05, 3.63) is 93.0 Å². The van der Waals surface area contributed by atoms with Crippen molar-refractivity contribution in [2.45, 2.75) is 19.8 Å². The van der Waals surface area contributed by atoms with Crippen LogP contribution in [0.2, 0.25) is 0 Å². The van der Waals surface area contributed by atoms with Gasteiger partial charge >= 0.3 is 5.97 Å². The highest BCUT2D eigenvalue weighted by Gasteiger charge is 2.60. The number of imide groups is 1. The normalized spacial score (nSPS) is 24.2. The SMILES string of the molecule is Cc1ccc2c(c1)OC(=O)[C@@H]1C2=C[C@H](c2ccc3c(c2)OCO3)[C@@H]2C(=O)N(c3ccc([N+](=O)[O-])cc3C)C(=O)[C@@H]12. The molecule has 0 saturated carbocycles. The van der Waals surface area contributed by atoms with E-state index in [1.807, 2.05) is 31.2 Å². The first-order valence-electron chi connectivity index (χ1n) is 12.8. The Morgan fingerprint density at radius 1 is 0.875 bits per heavy atom. The summed E-state index contributed by atoms with van der Waals surface area (Å²) in [5.74, 6) is -3.56. The number of amides is 2. The molecule has 0 spiro atoms. The van der Waals surface area contributed by atoms with Gasteiger partial charge in [0, 0.05) is 23.6 Å². The number of benzene rings is 3. The van der Waals surface area contributed by atoms with Gasteiger partial charge in [-0.2, -0.15) is 0 Å². The van der Waals surface area contributed by atoms with Crippen molar-refractivity contribution in [2.75, 3.05) is 11.7 Å². The minimum Gasteiger partial charge on any atom is -0.454 e. The minimum atomic E-state index is -1.03. The fraction of sp³-hybridized carbons (Fsp3) is 0.233. The summed E-state index contributed by atoms with van der Waals surface area (Å²) in [4.78, 5) is 53.6. The van der Waals surface area contributed by atoms with Crippen LogP contribution in [0.15, 0.2) is 60.7 Å². The Kier molecular flexibility index (Phi) is 5.12. The second-order valence-electron chi connectivity index (χ2n) is 10.5. The van der Waals surface area contributed by atoms with E-state index < -0.39 is 46.4 Å². The quantitative estimate of drug-likeness (QED) is 0.157. The number of nitro groups is 1. The van der Waals surface area contributed by atoms with Crippen LogP contribution in [0.5, 0.6) is 17.2 Å². The Hall–Kier alpha value is -4.99. The van der Waals surface area contributed by atoms with Crippen LogP contribution in [0.25, 0.3) is 5.57 Å². The molecular weight excluding hydrogens is 516 g/mol. The number of hydrogen-bond acceptors (Lipinski definition) is 8. The first kappa shape index (κ1) is 24.1. The monoisotopic (exact) mass is 538 g/mol. The topological polar surface area (TPSA) is 125 Å². The van der Waals surface area contributed by atoms with Crippen molar-refractivity contribution in [1.29, 1.82) is 0 Å². The van der Waals surface area contributed by atoms with Crippen molar-refractivity contribution < 1.29 is 33.5 Å². The molecule has 10 nitrogen and oxygen atoms in total. The summed E-state index contributed by atoms with van der Waals surface area (Å²) in [6.45, 7) is 3.59. The number of nitrogens with zero attached hydrogens (tertiary/aromatic N) is 2. The van der Waals surface area contributed by atoms with Crippen LogP contribution in [0.4, 0.5) is 11.4 Å². The van der Waals surface area contributed by atoms with Crippen molar-refractivity contribution in [1.82, 2.24) is 0 Å². The summed E-state index contributed by atoms with van der Waals surface area (Å²) in [7, 11) is 0. The molecule has 3 aliphatic heterocycles. The Morgan fingerprint density at radius 2 is 1.65 bits per heavy atom. The van der Waals surface area contributed by atoms with Crippen molar-refractivity contribution in [2.24, 2.45) is 17.8 Å². The van der Waals surface area contributed by atoms with E-state index in [4.69, 9.17) is 14.2 Å². The van der Waals surface area contributed by atoms with Gasteiger partial charge in [-0.25, -0.2) is 4.90 Å². The van der Waals surface area contributed by atoms with Gasteiger partial charge in [-0.15, -0.1) is 0 Å². The van der Waals surface area contributed by atoms with Crippen LogP contribution in [0, 0.1) is 41.7 Å². The minimum absolute atomic E-state index is 0.0852. The number of nitro benzene ring substituents is 1. The molecule has 200 valence electrons. The number of anilines is 1. The van der Waals surface area contributed by atoms with E-state index in [-0.39, 0.29) is 18.2 Å². The maximum Gasteiger partial charge on any atom is 0.319 e. The van der Waals surface area contributed by atoms with Crippen LogP contribution in [-0.2, 0) is 14.4 Å². The van der Waals surface area contributed by atoms with E-state index in [2.05, 4.69) is 0 Å². The lowest BCUT2D eigenvalue weighted by Gasteiger charge is -2.38. The first-order valence-corrected chi connectivity index (χ1v) is 12.8. The molecule has 3 aromatic carbocycles. The Balaban J connectivity index is 1.41. The Labute approximate surface area is 227 Å². The molecule has 1 fully saturated rings. The summed E-state index contributed by atoms with van der Waals surface area (Å²) >= 11 is 0. The Bertz CT molecular complexity index is 1710. The van der Waals surface area contributed by atoms with Gasteiger partial charge in [0.15, 0.2) is 11.5 Å². The fourth-order valence-corrected chi connectivity index (χ4v) is 6.36. The van der Waals surface area contributed by atoms with Crippen LogP contribution in [0.3, 0.4) is 0 Å². The van der Waals surface area contributed by atoms with E-state index in [1.54, 1.807) is 25.1 Å². The van der Waals surface area contributed by atoms with E-state index >= 15 is 0 Å². The number of fused-ring (bicyclic) bond motifs is 6. The summed E-state index contributed by atoms with van der Waals surface area (Å²) in [5, 5.41) is 11.3. The number of hydrogen-bond donors (Lipinski definition) is 0. The largest absolute Gasteiger partial charge is 0.454 e. The molecule has 0 radical (unpaired) electrons. The highest BCUT2D eigenvalue weighted by Crippen LogP contribution is 2.55. The molecule has 1 aliphatic carbocycles. The van der Waals surface area contributed by atoms with Gasteiger partial charge in [0.1, 0.15) is 5.75 Å². The van der Waals surface area contributed by atoms with E-state index in [9.17, 15) is 24.5 Å². The number of carbonyl (C=O) groups is 3. The molecule has 1 saturated heterocycles. The lowest BCUT2D eigenvalue weighted by Crippen LogP contribution is -2.42. The van der Waals surface area contributed by atoms with Crippen molar-refractivity contribution in [3.8, 4) is 17.2 Å². The molecule has 0 bridgehead atoms. The maximum absolute atomic E-state index is 14.1. The zero-order chi connectivity index (χ0) is 27.9. The molecule has 4 atom stereocenters. The molecule has 40 heavy (non-hydrogen) atoms. The van der Waals surface area contributed by atoms with Gasteiger partial charge < -0.3 is 14.2 Å². The number of non-ortho nitro benzene ring substituents is 1. The predicted octanol–water partition coefficient (Wildman–Crippen LogP) is 4.46. The summed E-state index contributed by atoms with van der Waals surface area (Å²) in [6.07, 6.45) is 1.90. The third kappa shape index (κ3) is 3.38. The van der Waals surface area contributed by atoms with Crippen LogP contribution in [0.1, 0.15) is 28.2 Å². The third-order valence-corrected chi connectivity index (χ3v) is 8.16. The highest BCUT2D eigenvalue weighted by atomic mass is 16.7. The van der Waals surface area contributed by atoms with E-state index in [0.717, 1.165) is 16.0 Å². The molecule has 3 heterocycles. The molecular formula is C30H22N2O8. The van der Waals surface area contributed by atoms with Crippen LogP contribution >= 0.6 is 0 Å². The van der Waals surface area contributed by atoms with Gasteiger partial charge in [-0.3, -0.25) is 24.5 Å². The molecule has 7 rings (SSSR count). The predicted molar refractivity (Wildman–Crippen MR) is 141 cm³/mol. The number of rotatable bonds is 3. The number of ether oxygens (including phenoxy) is 3. The second kappa shape index (κ2) is 8.51. The molecule has 0 N–H and O–H groups in total. The number of aryl methyl sites for hydroxylation is 2.